The van der Waals surface area contributed by atoms with Gasteiger partial charge in [-0.25, -0.2) is 0 Å². The van der Waals surface area contributed by atoms with Crippen LogP contribution in [0.4, 0.5) is 0 Å². The normalized spacial score (nSPS) is 23.8. The van der Waals surface area contributed by atoms with E-state index in [-0.39, 0.29) is 6.04 Å². The molecule has 3 heteroatoms. The molecule has 0 amide bonds. The third-order valence-electron chi connectivity index (χ3n) is 4.96. The van der Waals surface area contributed by atoms with Crippen molar-refractivity contribution in [1.82, 2.24) is 4.90 Å². The van der Waals surface area contributed by atoms with Crippen LogP contribution in [0, 0.1) is 5.92 Å². The smallest absolute Gasteiger partial charge is 0.119 e. The van der Waals surface area contributed by atoms with Gasteiger partial charge in [0.1, 0.15) is 5.75 Å². The van der Waals surface area contributed by atoms with Gasteiger partial charge >= 0.3 is 0 Å². The molecule has 0 saturated heterocycles. The maximum Gasteiger partial charge on any atom is 0.119 e. The number of aryl methyl sites for hydroxylation is 1. The summed E-state index contributed by atoms with van der Waals surface area (Å²) >= 11 is 0. The summed E-state index contributed by atoms with van der Waals surface area (Å²) in [4.78, 5) is 2.46. The number of likely N-dealkylation sites (N-methyl/N-ethyl adjacent to an activating group) is 1. The van der Waals surface area contributed by atoms with Crippen molar-refractivity contribution in [1.29, 1.82) is 0 Å². The van der Waals surface area contributed by atoms with Gasteiger partial charge in [0.15, 0.2) is 0 Å². The molecule has 3 unspecified atom stereocenters. The number of methoxy groups -OCH3 is 1. The van der Waals surface area contributed by atoms with Gasteiger partial charge in [-0.2, -0.15) is 0 Å². The lowest BCUT2D eigenvalue weighted by molar-refractivity contribution is 0.117. The summed E-state index contributed by atoms with van der Waals surface area (Å²) in [6.07, 6.45) is 2.20. The molecule has 3 atom stereocenters. The summed E-state index contributed by atoms with van der Waals surface area (Å²) < 4.78 is 5.31. The molecule has 0 saturated carbocycles. The molecule has 0 aliphatic heterocycles. The first-order valence-corrected chi connectivity index (χ1v) is 7.60. The molecule has 20 heavy (non-hydrogen) atoms. The van der Waals surface area contributed by atoms with Crippen molar-refractivity contribution in [3.05, 3.63) is 29.3 Å². The Bertz CT molecular complexity index is 458. The lowest BCUT2D eigenvalue weighted by Crippen LogP contribution is -2.48. The zero-order valence-corrected chi connectivity index (χ0v) is 13.4. The van der Waals surface area contributed by atoms with Gasteiger partial charge < -0.3 is 10.5 Å². The van der Waals surface area contributed by atoms with Gasteiger partial charge in [-0.15, -0.1) is 0 Å². The van der Waals surface area contributed by atoms with Crippen LogP contribution in [0.1, 0.15) is 44.4 Å². The van der Waals surface area contributed by atoms with Gasteiger partial charge in [0.25, 0.3) is 0 Å². The Balaban J connectivity index is 2.21. The van der Waals surface area contributed by atoms with Crippen LogP contribution in [-0.2, 0) is 6.42 Å². The number of fused-ring (bicyclic) bond motifs is 1. The van der Waals surface area contributed by atoms with Crippen molar-refractivity contribution in [2.45, 2.75) is 51.7 Å². The fourth-order valence-electron chi connectivity index (χ4n) is 3.17. The Morgan fingerprint density at radius 3 is 2.60 bits per heavy atom. The maximum atomic E-state index is 6.54. The monoisotopic (exact) mass is 276 g/mol. The van der Waals surface area contributed by atoms with E-state index >= 15 is 0 Å². The van der Waals surface area contributed by atoms with E-state index in [4.69, 9.17) is 10.5 Å². The van der Waals surface area contributed by atoms with Crippen LogP contribution in [-0.4, -0.2) is 31.1 Å². The first kappa shape index (κ1) is 15.3. The molecular formula is C17H28N2O. The maximum absolute atomic E-state index is 6.54. The predicted molar refractivity (Wildman–Crippen MR) is 84.1 cm³/mol. The van der Waals surface area contributed by atoms with E-state index in [1.165, 1.54) is 11.1 Å². The highest BCUT2D eigenvalue weighted by Crippen LogP contribution is 2.34. The van der Waals surface area contributed by atoms with Gasteiger partial charge in [-0.1, -0.05) is 19.9 Å². The number of rotatable bonds is 4. The van der Waals surface area contributed by atoms with Crippen molar-refractivity contribution < 1.29 is 4.74 Å². The molecule has 0 heterocycles. The molecule has 0 spiro atoms. The van der Waals surface area contributed by atoms with Crippen LogP contribution in [0.5, 0.6) is 5.75 Å². The van der Waals surface area contributed by atoms with E-state index in [9.17, 15) is 0 Å². The standard InChI is InChI=1S/C17H28N2O/c1-11(2)12(3)19(4)16-9-6-13-10-14(20-5)7-8-15(13)17(16)18/h7-8,10-12,16-17H,6,9,18H2,1-5H3. The van der Waals surface area contributed by atoms with Crippen LogP contribution in [0.3, 0.4) is 0 Å². The summed E-state index contributed by atoms with van der Waals surface area (Å²) in [5, 5.41) is 0. The number of ether oxygens (including phenoxy) is 1. The fourth-order valence-corrected chi connectivity index (χ4v) is 3.17. The van der Waals surface area contributed by atoms with Crippen LogP contribution in [0.2, 0.25) is 0 Å². The summed E-state index contributed by atoms with van der Waals surface area (Å²) in [7, 11) is 3.93. The highest BCUT2D eigenvalue weighted by Gasteiger charge is 2.32. The second kappa shape index (κ2) is 6.15. The number of nitrogens with zero attached hydrogens (tertiary/aromatic N) is 1. The average molecular weight is 276 g/mol. The highest BCUT2D eigenvalue weighted by molar-refractivity contribution is 5.40. The number of hydrogen-bond donors (Lipinski definition) is 1. The van der Waals surface area contributed by atoms with Crippen LogP contribution in [0.15, 0.2) is 18.2 Å². The lowest BCUT2D eigenvalue weighted by Gasteiger charge is -2.41. The molecule has 112 valence electrons. The minimum atomic E-state index is 0.0934. The van der Waals surface area contributed by atoms with Crippen molar-refractivity contribution in [3.8, 4) is 5.75 Å². The molecule has 1 aliphatic carbocycles. The average Bonchev–Trinajstić information content (AvgIpc) is 2.45. The van der Waals surface area contributed by atoms with Crippen LogP contribution >= 0.6 is 0 Å². The van der Waals surface area contributed by atoms with E-state index in [1.807, 2.05) is 6.07 Å². The SMILES string of the molecule is COc1ccc2c(c1)CCC(N(C)C(C)C(C)C)C2N. The van der Waals surface area contributed by atoms with Crippen molar-refractivity contribution >= 4 is 0 Å². The van der Waals surface area contributed by atoms with E-state index in [0.717, 1.165) is 18.6 Å². The van der Waals surface area contributed by atoms with E-state index in [0.29, 0.717) is 18.0 Å². The molecule has 0 fully saturated rings. The second-order valence-electron chi connectivity index (χ2n) is 6.35. The first-order chi connectivity index (χ1) is 9.45. The quantitative estimate of drug-likeness (QED) is 0.919. The topological polar surface area (TPSA) is 38.5 Å². The van der Waals surface area contributed by atoms with E-state index in [1.54, 1.807) is 7.11 Å². The van der Waals surface area contributed by atoms with Gasteiger partial charge in [0, 0.05) is 18.1 Å². The Labute approximate surface area is 123 Å². The lowest BCUT2D eigenvalue weighted by atomic mass is 9.83. The van der Waals surface area contributed by atoms with E-state index in [2.05, 4.69) is 44.9 Å². The molecule has 0 radical (unpaired) electrons. The van der Waals surface area contributed by atoms with Crippen molar-refractivity contribution in [2.75, 3.05) is 14.2 Å². The summed E-state index contributed by atoms with van der Waals surface area (Å²) in [5.74, 6) is 1.57. The van der Waals surface area contributed by atoms with Gasteiger partial charge in [-0.3, -0.25) is 4.90 Å². The van der Waals surface area contributed by atoms with Gasteiger partial charge in [0.05, 0.1) is 7.11 Å². The van der Waals surface area contributed by atoms with Crippen molar-refractivity contribution in [3.63, 3.8) is 0 Å². The minimum Gasteiger partial charge on any atom is -0.497 e. The fraction of sp³-hybridized carbons (Fsp3) is 0.647. The largest absolute Gasteiger partial charge is 0.497 e. The van der Waals surface area contributed by atoms with Gasteiger partial charge in [-0.05, 0) is 56.0 Å². The summed E-state index contributed by atoms with van der Waals surface area (Å²) in [6.45, 7) is 6.84. The highest BCUT2D eigenvalue weighted by atomic mass is 16.5. The summed E-state index contributed by atoms with van der Waals surface area (Å²) in [6, 6.07) is 7.36. The first-order valence-electron chi connectivity index (χ1n) is 7.60. The molecular weight excluding hydrogens is 248 g/mol. The Hall–Kier alpha value is -1.06. The zero-order chi connectivity index (χ0) is 14.9. The van der Waals surface area contributed by atoms with Crippen molar-refractivity contribution in [2.24, 2.45) is 11.7 Å². The molecule has 1 aromatic carbocycles. The third-order valence-corrected chi connectivity index (χ3v) is 4.96. The molecule has 2 N–H and O–H groups in total. The third kappa shape index (κ3) is 2.84. The minimum absolute atomic E-state index is 0.0934. The van der Waals surface area contributed by atoms with Crippen LogP contribution < -0.4 is 10.5 Å². The predicted octanol–water partition coefficient (Wildman–Crippen LogP) is 2.99. The number of hydrogen-bond acceptors (Lipinski definition) is 3. The Morgan fingerprint density at radius 2 is 2.00 bits per heavy atom. The number of benzene rings is 1. The molecule has 0 aromatic heterocycles. The van der Waals surface area contributed by atoms with Crippen LogP contribution in [0.25, 0.3) is 0 Å². The van der Waals surface area contributed by atoms with Gasteiger partial charge in [0.2, 0.25) is 0 Å². The zero-order valence-electron chi connectivity index (χ0n) is 13.4. The Kier molecular flexibility index (Phi) is 4.71. The second-order valence-corrected chi connectivity index (χ2v) is 6.35. The molecule has 1 aliphatic rings. The Morgan fingerprint density at radius 1 is 1.30 bits per heavy atom. The summed E-state index contributed by atoms with van der Waals surface area (Å²) in [5.41, 5.74) is 9.17. The molecule has 0 bridgehead atoms. The number of nitrogens with two attached hydrogens (primary N) is 1. The molecule has 3 nitrogen and oxygen atoms in total. The van der Waals surface area contributed by atoms with E-state index < -0.39 is 0 Å². The molecule has 1 aromatic rings. The molecule has 2 rings (SSSR count).